The fraction of sp³-hybridized carbons (Fsp3) is 0.455. The predicted octanol–water partition coefficient (Wildman–Crippen LogP) is 1.14. The zero-order valence-corrected chi connectivity index (χ0v) is 8.81. The zero-order chi connectivity index (χ0) is 11.2. The molecule has 1 aromatic rings. The Morgan fingerprint density at radius 2 is 1.73 bits per heavy atom. The van der Waals surface area contributed by atoms with Crippen molar-refractivity contribution in [1.82, 2.24) is 4.90 Å². The minimum absolute atomic E-state index is 0.134. The second kappa shape index (κ2) is 3.40. The summed E-state index contributed by atoms with van der Waals surface area (Å²) in [4.78, 5) is 2.00. The number of rotatable bonds is 0. The molecule has 0 fully saturated rings. The van der Waals surface area contributed by atoms with Crippen molar-refractivity contribution in [1.29, 1.82) is 0 Å². The molecule has 0 unspecified atom stereocenters. The summed E-state index contributed by atoms with van der Waals surface area (Å²) in [6, 6.07) is 3.10. The first kappa shape index (κ1) is 10.3. The van der Waals surface area contributed by atoms with E-state index in [0.717, 1.165) is 5.56 Å². The number of aromatic hydroxyl groups is 2. The molecule has 82 valence electrons. The number of hydrogen-bond donors (Lipinski definition) is 3. The molecular formula is C11H15NO3. The Hall–Kier alpha value is -1.26. The van der Waals surface area contributed by atoms with Crippen LogP contribution in [0.25, 0.3) is 0 Å². The van der Waals surface area contributed by atoms with Crippen LogP contribution in [-0.2, 0) is 0 Å². The van der Waals surface area contributed by atoms with Crippen molar-refractivity contribution < 1.29 is 15.3 Å². The van der Waals surface area contributed by atoms with Crippen molar-refractivity contribution in [2.75, 3.05) is 13.6 Å². The summed E-state index contributed by atoms with van der Waals surface area (Å²) in [5, 5.41) is 28.6. The first-order valence-corrected chi connectivity index (χ1v) is 4.94. The molecular weight excluding hydrogens is 194 g/mol. The van der Waals surface area contributed by atoms with E-state index in [1.807, 2.05) is 18.9 Å². The Balaban J connectivity index is 2.56. The van der Waals surface area contributed by atoms with Crippen LogP contribution in [0, 0.1) is 0 Å². The highest BCUT2D eigenvalue weighted by Gasteiger charge is 2.28. The lowest BCUT2D eigenvalue weighted by Crippen LogP contribution is -2.33. The van der Waals surface area contributed by atoms with Gasteiger partial charge in [-0.05, 0) is 37.2 Å². The molecule has 0 aliphatic carbocycles. The SMILES string of the molecule is C[C@@H]1c2cc(O)c(O)cc2[C@@H](O)CN1C. The molecule has 3 N–H and O–H groups in total. The van der Waals surface area contributed by atoms with Gasteiger partial charge in [-0.1, -0.05) is 0 Å². The first-order valence-electron chi connectivity index (χ1n) is 4.94. The quantitative estimate of drug-likeness (QED) is 0.561. The van der Waals surface area contributed by atoms with Crippen molar-refractivity contribution in [3.05, 3.63) is 23.3 Å². The molecule has 0 saturated carbocycles. The van der Waals surface area contributed by atoms with Crippen LogP contribution in [0.2, 0.25) is 0 Å². The molecule has 4 nitrogen and oxygen atoms in total. The lowest BCUT2D eigenvalue weighted by atomic mass is 9.91. The lowest BCUT2D eigenvalue weighted by molar-refractivity contribution is 0.0885. The maximum Gasteiger partial charge on any atom is 0.157 e. The van der Waals surface area contributed by atoms with Gasteiger partial charge in [-0.15, -0.1) is 0 Å². The number of nitrogens with zero attached hydrogens (tertiary/aromatic N) is 1. The van der Waals surface area contributed by atoms with Gasteiger partial charge in [-0.3, -0.25) is 4.90 Å². The number of hydrogen-bond acceptors (Lipinski definition) is 4. The molecule has 0 saturated heterocycles. The van der Waals surface area contributed by atoms with Crippen molar-refractivity contribution in [2.24, 2.45) is 0 Å². The number of aliphatic hydroxyl groups excluding tert-OH is 1. The number of β-amino-alcohol motifs (C(OH)–C–C–N with tert-alkyl or cyclic N) is 1. The van der Waals surface area contributed by atoms with Crippen LogP contribution in [0.5, 0.6) is 11.5 Å². The van der Waals surface area contributed by atoms with E-state index in [1.54, 1.807) is 0 Å². The van der Waals surface area contributed by atoms with E-state index in [1.165, 1.54) is 12.1 Å². The van der Waals surface area contributed by atoms with Crippen LogP contribution in [0.3, 0.4) is 0 Å². The van der Waals surface area contributed by atoms with Crippen LogP contribution in [0.4, 0.5) is 0 Å². The molecule has 0 radical (unpaired) electrons. The third-order valence-corrected chi connectivity index (χ3v) is 3.11. The van der Waals surface area contributed by atoms with Crippen molar-refractivity contribution in [2.45, 2.75) is 19.1 Å². The molecule has 0 bridgehead atoms. The predicted molar refractivity (Wildman–Crippen MR) is 55.8 cm³/mol. The fourth-order valence-electron chi connectivity index (χ4n) is 2.03. The lowest BCUT2D eigenvalue weighted by Gasteiger charge is -2.35. The molecule has 0 amide bonds. The number of fused-ring (bicyclic) bond motifs is 1. The van der Waals surface area contributed by atoms with Crippen molar-refractivity contribution in [3.8, 4) is 11.5 Å². The standard InChI is InChI=1S/C11H15NO3/c1-6-7-3-9(13)10(14)4-8(7)11(15)5-12(6)2/h3-4,6,11,13-15H,5H2,1-2H3/t6-,11+/m1/s1. The van der Waals surface area contributed by atoms with Gasteiger partial charge in [0.25, 0.3) is 0 Å². The van der Waals surface area contributed by atoms with Gasteiger partial charge in [0.05, 0.1) is 6.10 Å². The van der Waals surface area contributed by atoms with Crippen LogP contribution in [0.1, 0.15) is 30.2 Å². The number of phenols is 2. The van der Waals surface area contributed by atoms with Crippen LogP contribution in [-0.4, -0.2) is 33.8 Å². The molecule has 4 heteroatoms. The van der Waals surface area contributed by atoms with Gasteiger partial charge in [-0.25, -0.2) is 0 Å². The first-order chi connectivity index (χ1) is 7.00. The molecule has 0 spiro atoms. The van der Waals surface area contributed by atoms with E-state index < -0.39 is 6.10 Å². The number of benzene rings is 1. The van der Waals surface area contributed by atoms with Gasteiger partial charge in [0.2, 0.25) is 0 Å². The van der Waals surface area contributed by atoms with Gasteiger partial charge < -0.3 is 15.3 Å². The maximum atomic E-state index is 9.83. The Bertz CT molecular complexity index is 392. The van der Waals surface area contributed by atoms with Gasteiger partial charge in [0, 0.05) is 12.6 Å². The molecule has 2 rings (SSSR count). The summed E-state index contributed by atoms with van der Waals surface area (Å²) in [7, 11) is 1.92. The van der Waals surface area contributed by atoms with Gasteiger partial charge in [0.1, 0.15) is 0 Å². The highest BCUT2D eigenvalue weighted by Crippen LogP contribution is 2.39. The summed E-state index contributed by atoms with van der Waals surface area (Å²) in [5.41, 5.74) is 1.57. The largest absolute Gasteiger partial charge is 0.504 e. The molecule has 0 aromatic heterocycles. The van der Waals surface area contributed by atoms with E-state index in [2.05, 4.69) is 0 Å². The van der Waals surface area contributed by atoms with E-state index in [9.17, 15) is 15.3 Å². The summed E-state index contributed by atoms with van der Waals surface area (Å²) in [5.74, 6) is -0.312. The highest BCUT2D eigenvalue weighted by atomic mass is 16.3. The van der Waals surface area contributed by atoms with Gasteiger partial charge >= 0.3 is 0 Å². The van der Waals surface area contributed by atoms with E-state index >= 15 is 0 Å². The third kappa shape index (κ3) is 1.56. The van der Waals surface area contributed by atoms with Crippen LogP contribution in [0.15, 0.2) is 12.1 Å². The van der Waals surface area contributed by atoms with Gasteiger partial charge in [-0.2, -0.15) is 0 Å². The minimum atomic E-state index is -0.604. The van der Waals surface area contributed by atoms with Crippen molar-refractivity contribution >= 4 is 0 Å². The molecule has 1 aliphatic heterocycles. The Morgan fingerprint density at radius 1 is 1.20 bits per heavy atom. The van der Waals surface area contributed by atoms with E-state index in [-0.39, 0.29) is 17.5 Å². The highest BCUT2D eigenvalue weighted by molar-refractivity contribution is 5.48. The van der Waals surface area contributed by atoms with Crippen molar-refractivity contribution in [3.63, 3.8) is 0 Å². The van der Waals surface area contributed by atoms with Crippen LogP contribution < -0.4 is 0 Å². The third-order valence-electron chi connectivity index (χ3n) is 3.11. The summed E-state index contributed by atoms with van der Waals surface area (Å²) in [6.45, 7) is 2.54. The van der Waals surface area contributed by atoms with E-state index in [4.69, 9.17) is 0 Å². The summed E-state index contributed by atoms with van der Waals surface area (Å²) >= 11 is 0. The maximum absolute atomic E-state index is 9.83. The second-order valence-electron chi connectivity index (χ2n) is 4.10. The zero-order valence-electron chi connectivity index (χ0n) is 8.81. The number of likely N-dealkylation sites (N-methyl/N-ethyl adjacent to an activating group) is 1. The average Bonchev–Trinajstić information content (AvgIpc) is 2.18. The van der Waals surface area contributed by atoms with E-state index in [0.29, 0.717) is 12.1 Å². The Morgan fingerprint density at radius 3 is 2.33 bits per heavy atom. The minimum Gasteiger partial charge on any atom is -0.504 e. The summed E-state index contributed by atoms with van der Waals surface area (Å²) in [6.07, 6.45) is -0.604. The molecule has 1 heterocycles. The van der Waals surface area contributed by atoms with Crippen LogP contribution >= 0.6 is 0 Å². The summed E-state index contributed by atoms with van der Waals surface area (Å²) < 4.78 is 0. The average molecular weight is 209 g/mol. The normalized spacial score (nSPS) is 26.3. The smallest absolute Gasteiger partial charge is 0.157 e. The molecule has 1 aromatic carbocycles. The molecule has 1 aliphatic rings. The number of aliphatic hydroxyl groups is 1. The Kier molecular flexibility index (Phi) is 2.32. The molecule has 2 atom stereocenters. The monoisotopic (exact) mass is 209 g/mol. The second-order valence-corrected chi connectivity index (χ2v) is 4.10. The fourth-order valence-corrected chi connectivity index (χ4v) is 2.03. The molecule has 15 heavy (non-hydrogen) atoms. The Labute approximate surface area is 88.4 Å². The number of phenolic OH excluding ortho intramolecular Hbond substituents is 2. The van der Waals surface area contributed by atoms with Gasteiger partial charge in [0.15, 0.2) is 11.5 Å². The topological polar surface area (TPSA) is 63.9 Å².